The molecule has 2 N–H and O–H groups in total. The highest BCUT2D eigenvalue weighted by Crippen LogP contribution is 2.46. The second-order valence-electron chi connectivity index (χ2n) is 11.2. The number of hydrogen-bond donors (Lipinski definition) is 2. The molecule has 2 unspecified atom stereocenters. The van der Waals surface area contributed by atoms with Crippen LogP contribution in [-0.4, -0.2) is 28.4 Å². The number of fused-ring (bicyclic) bond motifs is 2. The van der Waals surface area contributed by atoms with E-state index < -0.39 is 40.5 Å². The van der Waals surface area contributed by atoms with Gasteiger partial charge in [-0.1, -0.05) is 76.6 Å². The standard InChI is InChI=1S/C19H11F2NO2S.C18H10BrFN2O2S/c20-13-8-6-11(7-9-13)14-10-25-17-15(14)16(23)19(21,18(24)22-17)12-4-2-1-3-5-12;19-11-6-4-10(5-7-11)12-9-25-16-14(12)15(23)18(20,17(24)22-16)13-3-1-2-8-21-13/h1-10H,(H,22,24);1-9H,(H,22,24). The van der Waals surface area contributed by atoms with Crippen molar-refractivity contribution in [3.8, 4) is 22.3 Å². The number of nitrogens with zero attached hydrogens (tertiary/aromatic N) is 1. The summed E-state index contributed by atoms with van der Waals surface area (Å²) < 4.78 is 45.2. The van der Waals surface area contributed by atoms with Crippen molar-refractivity contribution >= 4 is 72.0 Å². The topological polar surface area (TPSA) is 105 Å². The van der Waals surface area contributed by atoms with Gasteiger partial charge in [0.1, 0.15) is 15.8 Å². The molecule has 0 saturated carbocycles. The second kappa shape index (κ2) is 12.9. The Kier molecular flexibility index (Phi) is 8.58. The number of amides is 2. The lowest BCUT2D eigenvalue weighted by atomic mass is 9.83. The average Bonchev–Trinajstić information content (AvgIpc) is 3.76. The van der Waals surface area contributed by atoms with Gasteiger partial charge >= 0.3 is 0 Å². The van der Waals surface area contributed by atoms with Crippen molar-refractivity contribution in [1.82, 2.24) is 4.98 Å². The third-order valence-corrected chi connectivity index (χ3v) is 10.6. The highest BCUT2D eigenvalue weighted by atomic mass is 79.9. The molecular formula is C37H21BrF3N3O4S2. The Morgan fingerprint density at radius 2 is 1.12 bits per heavy atom. The third kappa shape index (κ3) is 5.47. The molecule has 0 bridgehead atoms. The highest BCUT2D eigenvalue weighted by molar-refractivity contribution is 9.10. The van der Waals surface area contributed by atoms with Crippen LogP contribution in [-0.2, 0) is 20.9 Å². The number of ketones is 2. The molecule has 0 saturated heterocycles. The molecule has 3 aromatic heterocycles. The summed E-state index contributed by atoms with van der Waals surface area (Å²) in [6, 6.07) is 25.0. The maximum atomic E-state index is 15.6. The molecule has 50 heavy (non-hydrogen) atoms. The van der Waals surface area contributed by atoms with Gasteiger partial charge in [0.15, 0.2) is 0 Å². The van der Waals surface area contributed by atoms with Crippen LogP contribution in [0, 0.1) is 5.82 Å². The molecule has 5 heterocycles. The van der Waals surface area contributed by atoms with Crippen molar-refractivity contribution in [3.63, 3.8) is 0 Å². The van der Waals surface area contributed by atoms with E-state index in [1.54, 1.807) is 41.1 Å². The molecule has 0 fully saturated rings. The predicted molar refractivity (Wildman–Crippen MR) is 189 cm³/mol. The van der Waals surface area contributed by atoms with E-state index in [-0.39, 0.29) is 22.4 Å². The van der Waals surface area contributed by atoms with Gasteiger partial charge in [0, 0.05) is 38.1 Å². The van der Waals surface area contributed by atoms with Gasteiger partial charge in [0.25, 0.3) is 23.2 Å². The second-order valence-corrected chi connectivity index (χ2v) is 13.9. The molecular weight excluding hydrogens is 751 g/mol. The minimum atomic E-state index is -2.83. The summed E-state index contributed by atoms with van der Waals surface area (Å²) in [6.07, 6.45) is 1.36. The number of rotatable bonds is 4. The SMILES string of the molecule is O=C1Nc2scc(-c3ccc(Br)cc3)c2C(=O)C1(F)c1ccccn1.O=C1Nc2scc(-c3ccc(F)cc3)c2C(=O)C1(F)c1ccccc1. The maximum Gasteiger partial charge on any atom is 0.292 e. The Morgan fingerprint density at radius 3 is 1.66 bits per heavy atom. The molecule has 3 aromatic carbocycles. The largest absolute Gasteiger partial charge is 0.314 e. The Bertz CT molecular complexity index is 2140. The van der Waals surface area contributed by atoms with E-state index in [4.69, 9.17) is 0 Å². The van der Waals surface area contributed by atoms with Crippen molar-refractivity contribution in [2.24, 2.45) is 0 Å². The number of benzene rings is 3. The zero-order valence-electron chi connectivity index (χ0n) is 25.4. The zero-order valence-corrected chi connectivity index (χ0v) is 28.6. The molecule has 0 spiro atoms. The molecule has 2 atom stereocenters. The number of pyridine rings is 1. The van der Waals surface area contributed by atoms with Crippen molar-refractivity contribution in [2.75, 3.05) is 10.6 Å². The number of anilines is 2. The number of alkyl halides is 2. The van der Waals surface area contributed by atoms with Gasteiger partial charge in [-0.2, -0.15) is 0 Å². The molecule has 13 heteroatoms. The molecule has 0 radical (unpaired) electrons. The first-order valence-corrected chi connectivity index (χ1v) is 17.4. The third-order valence-electron chi connectivity index (χ3n) is 8.24. The summed E-state index contributed by atoms with van der Waals surface area (Å²) in [5.41, 5.74) is -3.13. The van der Waals surface area contributed by atoms with Crippen LogP contribution in [0.3, 0.4) is 0 Å². The molecule has 2 amide bonds. The Hall–Kier alpha value is -5.24. The number of halogens is 4. The van der Waals surface area contributed by atoms with Gasteiger partial charge in [-0.15, -0.1) is 22.7 Å². The van der Waals surface area contributed by atoms with Gasteiger partial charge in [-0.05, 0) is 47.5 Å². The maximum absolute atomic E-state index is 15.6. The normalized spacial score (nSPS) is 19.4. The van der Waals surface area contributed by atoms with E-state index in [1.165, 1.54) is 60.0 Å². The molecule has 2 aliphatic rings. The summed E-state index contributed by atoms with van der Waals surface area (Å²) in [5.74, 6) is -4.20. The fourth-order valence-electron chi connectivity index (χ4n) is 5.69. The molecule has 7 nitrogen and oxygen atoms in total. The summed E-state index contributed by atoms with van der Waals surface area (Å²) in [6.45, 7) is 0. The lowest BCUT2D eigenvalue weighted by molar-refractivity contribution is -0.126. The van der Waals surface area contributed by atoms with Crippen molar-refractivity contribution in [1.29, 1.82) is 0 Å². The lowest BCUT2D eigenvalue weighted by Gasteiger charge is -2.28. The Balaban J connectivity index is 0.000000157. The van der Waals surface area contributed by atoms with Gasteiger partial charge in [-0.3, -0.25) is 24.2 Å². The highest BCUT2D eigenvalue weighted by Gasteiger charge is 2.55. The van der Waals surface area contributed by atoms with Crippen LogP contribution in [0.4, 0.5) is 23.2 Å². The molecule has 8 rings (SSSR count). The molecule has 248 valence electrons. The van der Waals surface area contributed by atoms with E-state index in [0.29, 0.717) is 26.7 Å². The minimum Gasteiger partial charge on any atom is -0.314 e. The molecule has 2 aliphatic heterocycles. The number of nitrogens with one attached hydrogen (secondary N) is 2. The quantitative estimate of drug-likeness (QED) is 0.174. The number of hydrogen-bond acceptors (Lipinski definition) is 7. The van der Waals surface area contributed by atoms with E-state index in [2.05, 4.69) is 31.5 Å². The Morgan fingerprint density at radius 1 is 0.620 bits per heavy atom. The van der Waals surface area contributed by atoms with E-state index in [9.17, 15) is 23.6 Å². The van der Waals surface area contributed by atoms with Gasteiger partial charge in [-0.25, -0.2) is 13.2 Å². The van der Waals surface area contributed by atoms with E-state index in [1.807, 2.05) is 24.3 Å². The minimum absolute atomic E-state index is 0.0144. The summed E-state index contributed by atoms with van der Waals surface area (Å²) >= 11 is 5.71. The van der Waals surface area contributed by atoms with E-state index in [0.717, 1.165) is 21.4 Å². The predicted octanol–water partition coefficient (Wildman–Crippen LogP) is 9.13. The summed E-state index contributed by atoms with van der Waals surface area (Å²) in [7, 11) is 0. The fourth-order valence-corrected chi connectivity index (χ4v) is 7.88. The first-order chi connectivity index (χ1) is 24.0. The van der Waals surface area contributed by atoms with Crippen LogP contribution in [0.5, 0.6) is 0 Å². The number of aromatic nitrogens is 1. The smallest absolute Gasteiger partial charge is 0.292 e. The number of Topliss-reactive ketones (excluding diaryl/α,β-unsaturated/α-hetero) is 2. The fraction of sp³-hybridized carbons (Fsp3) is 0.0541. The lowest BCUT2D eigenvalue weighted by Crippen LogP contribution is -2.47. The Labute approximate surface area is 299 Å². The first-order valence-electron chi connectivity index (χ1n) is 14.9. The number of thiophene rings is 2. The van der Waals surface area contributed by atoms with Crippen LogP contribution in [0.2, 0.25) is 0 Å². The van der Waals surface area contributed by atoms with Crippen molar-refractivity contribution in [3.05, 3.63) is 147 Å². The zero-order chi connectivity index (χ0) is 35.2. The monoisotopic (exact) mass is 771 g/mol. The number of carbonyl (C=O) groups excluding carboxylic acids is 4. The van der Waals surface area contributed by atoms with E-state index >= 15 is 8.78 Å². The van der Waals surface area contributed by atoms with Gasteiger partial charge < -0.3 is 10.6 Å². The van der Waals surface area contributed by atoms with Crippen LogP contribution in [0.15, 0.2) is 118 Å². The summed E-state index contributed by atoms with van der Waals surface area (Å²) in [5, 5.41) is 9.07. The first kappa shape index (κ1) is 33.3. The van der Waals surface area contributed by atoms with Crippen LogP contribution >= 0.6 is 38.6 Å². The van der Waals surface area contributed by atoms with Crippen molar-refractivity contribution < 1.29 is 32.3 Å². The van der Waals surface area contributed by atoms with Gasteiger partial charge in [0.05, 0.1) is 16.8 Å². The summed E-state index contributed by atoms with van der Waals surface area (Å²) in [4.78, 5) is 54.5. The average molecular weight is 773 g/mol. The van der Waals surface area contributed by atoms with Crippen LogP contribution < -0.4 is 10.6 Å². The molecule has 6 aromatic rings. The molecule has 0 aliphatic carbocycles. The van der Waals surface area contributed by atoms with Gasteiger partial charge in [0.2, 0.25) is 11.6 Å². The van der Waals surface area contributed by atoms with Crippen LogP contribution in [0.25, 0.3) is 22.3 Å². The number of carbonyl (C=O) groups is 4. The van der Waals surface area contributed by atoms with Crippen LogP contribution in [0.1, 0.15) is 32.0 Å². The van der Waals surface area contributed by atoms with Crippen molar-refractivity contribution in [2.45, 2.75) is 11.3 Å².